The van der Waals surface area contributed by atoms with Crippen LogP contribution < -0.4 is 10.6 Å². The zero-order valence-electron chi connectivity index (χ0n) is 23.3. The number of amides is 2. The highest BCUT2D eigenvalue weighted by Crippen LogP contribution is 2.39. The predicted molar refractivity (Wildman–Crippen MR) is 150 cm³/mol. The van der Waals surface area contributed by atoms with Gasteiger partial charge in [-0.1, -0.05) is 19.4 Å². The van der Waals surface area contributed by atoms with E-state index in [0.29, 0.717) is 34.1 Å². The SMILES string of the molecule is CCCc1cc2oc(-c3ccc(F)cc3)c(C(=O)NC)c2cc1-c1ccc(F)c(C(=O)NC2(C)CC(OC(F)F)C2)c1. The smallest absolute Gasteiger partial charge is 0.345 e. The third-order valence-corrected chi connectivity index (χ3v) is 7.58. The van der Waals surface area contributed by atoms with E-state index in [-0.39, 0.29) is 29.7 Å². The van der Waals surface area contributed by atoms with Crippen LogP contribution in [0.3, 0.4) is 0 Å². The molecule has 42 heavy (non-hydrogen) atoms. The van der Waals surface area contributed by atoms with Gasteiger partial charge in [-0.2, -0.15) is 8.78 Å². The standard InChI is InChI=1S/C32H30F4N2O4/c1-4-5-18-13-26-24(27(30(40)37-3)28(42-26)17-6-9-20(33)10-7-17)14-22(18)19-8-11-25(34)23(12-19)29(39)38-32(2)15-21(16-32)41-31(35)36/h6-14,21,31H,4-5,15-16H2,1-3H3,(H,37,40)(H,38,39). The average molecular weight is 583 g/mol. The minimum absolute atomic E-state index is 0.181. The van der Waals surface area contributed by atoms with Crippen molar-refractivity contribution in [1.82, 2.24) is 10.6 Å². The Morgan fingerprint density at radius 3 is 2.36 bits per heavy atom. The van der Waals surface area contributed by atoms with Crippen molar-refractivity contribution in [3.05, 3.63) is 82.9 Å². The molecule has 0 radical (unpaired) electrons. The van der Waals surface area contributed by atoms with Gasteiger partial charge in [-0.05, 0) is 91.4 Å². The van der Waals surface area contributed by atoms with E-state index in [2.05, 4.69) is 15.4 Å². The van der Waals surface area contributed by atoms with E-state index < -0.39 is 41.7 Å². The summed E-state index contributed by atoms with van der Waals surface area (Å²) in [6, 6.07) is 13.5. The average Bonchev–Trinajstić information content (AvgIpc) is 3.30. The number of nitrogens with one attached hydrogen (secondary N) is 2. The summed E-state index contributed by atoms with van der Waals surface area (Å²) < 4.78 is 64.2. The van der Waals surface area contributed by atoms with Crippen molar-refractivity contribution in [1.29, 1.82) is 0 Å². The van der Waals surface area contributed by atoms with E-state index in [1.165, 1.54) is 43.4 Å². The molecule has 5 rings (SSSR count). The van der Waals surface area contributed by atoms with Crippen LogP contribution in [0.5, 0.6) is 0 Å². The zero-order valence-corrected chi connectivity index (χ0v) is 23.3. The first-order valence-electron chi connectivity index (χ1n) is 13.7. The van der Waals surface area contributed by atoms with Crippen molar-refractivity contribution in [2.24, 2.45) is 0 Å². The molecule has 2 N–H and O–H groups in total. The number of fused-ring (bicyclic) bond motifs is 1. The maximum Gasteiger partial charge on any atom is 0.345 e. The Balaban J connectivity index is 1.56. The lowest BCUT2D eigenvalue weighted by atomic mass is 9.75. The highest BCUT2D eigenvalue weighted by molar-refractivity contribution is 6.12. The third-order valence-electron chi connectivity index (χ3n) is 7.58. The molecule has 0 spiro atoms. The number of hydrogen-bond donors (Lipinski definition) is 2. The van der Waals surface area contributed by atoms with Gasteiger partial charge in [0.2, 0.25) is 0 Å². The van der Waals surface area contributed by atoms with E-state index >= 15 is 0 Å². The molecular weight excluding hydrogens is 552 g/mol. The fourth-order valence-corrected chi connectivity index (χ4v) is 5.58. The van der Waals surface area contributed by atoms with Gasteiger partial charge in [-0.15, -0.1) is 0 Å². The summed E-state index contributed by atoms with van der Waals surface area (Å²) in [4.78, 5) is 26.2. The van der Waals surface area contributed by atoms with Crippen molar-refractivity contribution in [3.8, 4) is 22.5 Å². The number of aryl methyl sites for hydroxylation is 1. The molecule has 1 fully saturated rings. The molecule has 1 saturated carbocycles. The van der Waals surface area contributed by atoms with Crippen LogP contribution in [-0.2, 0) is 11.2 Å². The van der Waals surface area contributed by atoms with Gasteiger partial charge < -0.3 is 19.8 Å². The summed E-state index contributed by atoms with van der Waals surface area (Å²) in [6.45, 7) is 0.803. The summed E-state index contributed by atoms with van der Waals surface area (Å²) in [5.41, 5.74) is 2.36. The number of furan rings is 1. The van der Waals surface area contributed by atoms with Gasteiger partial charge in [-0.3, -0.25) is 9.59 Å². The maximum atomic E-state index is 14.9. The summed E-state index contributed by atoms with van der Waals surface area (Å²) in [5.74, 6) is -1.94. The molecule has 1 aromatic heterocycles. The lowest BCUT2D eigenvalue weighted by Gasteiger charge is -2.45. The molecule has 4 aromatic rings. The van der Waals surface area contributed by atoms with E-state index in [4.69, 9.17) is 4.42 Å². The van der Waals surface area contributed by atoms with Crippen molar-refractivity contribution >= 4 is 22.8 Å². The minimum atomic E-state index is -2.90. The Kier molecular flexibility index (Phi) is 8.10. The normalized spacial score (nSPS) is 18.2. The maximum absolute atomic E-state index is 14.9. The fraction of sp³-hybridized carbons (Fsp3) is 0.312. The van der Waals surface area contributed by atoms with Gasteiger partial charge >= 0.3 is 6.61 Å². The van der Waals surface area contributed by atoms with E-state index in [0.717, 1.165) is 12.0 Å². The lowest BCUT2D eigenvalue weighted by molar-refractivity contribution is -0.194. The topological polar surface area (TPSA) is 80.6 Å². The molecular formula is C32H30F4N2O4. The Morgan fingerprint density at radius 2 is 1.71 bits per heavy atom. The van der Waals surface area contributed by atoms with E-state index in [1.54, 1.807) is 19.1 Å². The first-order valence-corrected chi connectivity index (χ1v) is 13.7. The largest absolute Gasteiger partial charge is 0.455 e. The second-order valence-electron chi connectivity index (χ2n) is 10.8. The Labute approximate surface area is 240 Å². The number of ether oxygens (including phenoxy) is 1. The van der Waals surface area contributed by atoms with Gasteiger partial charge in [0.1, 0.15) is 23.0 Å². The highest BCUT2D eigenvalue weighted by Gasteiger charge is 2.43. The first-order chi connectivity index (χ1) is 20.0. The van der Waals surface area contributed by atoms with Crippen LogP contribution in [-0.4, -0.2) is 37.1 Å². The molecule has 0 atom stereocenters. The fourth-order valence-electron chi connectivity index (χ4n) is 5.58. The summed E-state index contributed by atoms with van der Waals surface area (Å²) in [7, 11) is 1.50. The number of halogens is 4. The van der Waals surface area contributed by atoms with Crippen LogP contribution in [0.25, 0.3) is 33.4 Å². The highest BCUT2D eigenvalue weighted by atomic mass is 19.3. The Morgan fingerprint density at radius 1 is 1.02 bits per heavy atom. The van der Waals surface area contributed by atoms with E-state index in [1.807, 2.05) is 13.0 Å². The zero-order chi connectivity index (χ0) is 30.2. The van der Waals surface area contributed by atoms with Crippen LogP contribution >= 0.6 is 0 Å². The van der Waals surface area contributed by atoms with Gasteiger partial charge in [0.25, 0.3) is 11.8 Å². The molecule has 1 heterocycles. The molecule has 1 aliphatic rings. The van der Waals surface area contributed by atoms with Crippen LogP contribution in [0.1, 0.15) is 59.4 Å². The quantitative estimate of drug-likeness (QED) is 0.204. The molecule has 220 valence electrons. The molecule has 3 aromatic carbocycles. The van der Waals surface area contributed by atoms with Gasteiger partial charge in [0.15, 0.2) is 0 Å². The van der Waals surface area contributed by atoms with Crippen LogP contribution in [0.15, 0.2) is 59.0 Å². The Hall–Kier alpha value is -4.18. The molecule has 6 nitrogen and oxygen atoms in total. The summed E-state index contributed by atoms with van der Waals surface area (Å²) in [6.07, 6.45) is 1.09. The second kappa shape index (κ2) is 11.6. The van der Waals surface area contributed by atoms with Gasteiger partial charge in [0.05, 0.1) is 17.2 Å². The van der Waals surface area contributed by atoms with Crippen molar-refractivity contribution < 1.29 is 36.3 Å². The number of alkyl halides is 2. The first kappa shape index (κ1) is 29.3. The van der Waals surface area contributed by atoms with Crippen LogP contribution in [0, 0.1) is 11.6 Å². The predicted octanol–water partition coefficient (Wildman–Crippen LogP) is 7.25. The number of benzene rings is 3. The van der Waals surface area contributed by atoms with Crippen molar-refractivity contribution in [2.45, 2.75) is 57.8 Å². The number of carbonyl (C=O) groups is 2. The molecule has 0 bridgehead atoms. The molecule has 2 amide bonds. The van der Waals surface area contributed by atoms with Gasteiger partial charge in [-0.25, -0.2) is 8.78 Å². The summed E-state index contributed by atoms with van der Waals surface area (Å²) in [5, 5.41) is 5.90. The third kappa shape index (κ3) is 5.76. The van der Waals surface area contributed by atoms with Crippen molar-refractivity contribution in [2.75, 3.05) is 7.05 Å². The van der Waals surface area contributed by atoms with E-state index in [9.17, 15) is 27.2 Å². The monoisotopic (exact) mass is 582 g/mol. The van der Waals surface area contributed by atoms with Crippen molar-refractivity contribution in [3.63, 3.8) is 0 Å². The number of rotatable bonds is 9. The molecule has 10 heteroatoms. The van der Waals surface area contributed by atoms with Gasteiger partial charge in [0, 0.05) is 23.5 Å². The molecule has 1 aliphatic carbocycles. The molecule has 0 saturated heterocycles. The van der Waals surface area contributed by atoms with Crippen LogP contribution in [0.2, 0.25) is 0 Å². The minimum Gasteiger partial charge on any atom is -0.455 e. The molecule has 0 aliphatic heterocycles. The number of hydrogen-bond acceptors (Lipinski definition) is 4. The molecule has 0 unspecified atom stereocenters. The van der Waals surface area contributed by atoms with Crippen LogP contribution in [0.4, 0.5) is 17.6 Å². The second-order valence-corrected chi connectivity index (χ2v) is 10.8. The summed E-state index contributed by atoms with van der Waals surface area (Å²) >= 11 is 0. The Bertz CT molecular complexity index is 1640. The number of carbonyl (C=O) groups excluding carboxylic acids is 2. The lowest BCUT2D eigenvalue weighted by Crippen LogP contribution is -2.58.